The highest BCUT2D eigenvalue weighted by Gasteiger charge is 2.57. The lowest BCUT2D eigenvalue weighted by molar-refractivity contribution is 0.111. The van der Waals surface area contributed by atoms with Gasteiger partial charge < -0.3 is 0 Å². The second-order valence-electron chi connectivity index (χ2n) is 7.07. The Labute approximate surface area is 93.8 Å². The van der Waals surface area contributed by atoms with E-state index in [-0.39, 0.29) is 0 Å². The summed E-state index contributed by atoms with van der Waals surface area (Å²) in [5.74, 6) is 4.68. The summed E-state index contributed by atoms with van der Waals surface area (Å²) in [6.07, 6.45) is 16.0. The molecule has 0 aliphatic heterocycles. The number of hydrogen-bond donors (Lipinski definition) is 0. The predicted octanol–water partition coefficient (Wildman–Crippen LogP) is 4.39. The third-order valence-corrected chi connectivity index (χ3v) is 6.57. The standard InChI is InChI=1S/C15H24/c1-2-4-13-12(3-1)10-15-8-7-11(9-15)5-6-14(13)15/h11-14H,1-10H2. The van der Waals surface area contributed by atoms with Gasteiger partial charge in [0.25, 0.3) is 0 Å². The van der Waals surface area contributed by atoms with Crippen LogP contribution >= 0.6 is 0 Å². The van der Waals surface area contributed by atoms with Gasteiger partial charge in [0, 0.05) is 0 Å². The van der Waals surface area contributed by atoms with Crippen LogP contribution in [0, 0.1) is 29.1 Å². The molecule has 0 nitrogen and oxygen atoms in total. The van der Waals surface area contributed by atoms with Crippen LogP contribution in [0.4, 0.5) is 0 Å². The third kappa shape index (κ3) is 1.14. The van der Waals surface area contributed by atoms with Gasteiger partial charge in [-0.25, -0.2) is 0 Å². The minimum atomic E-state index is 0.891. The quantitative estimate of drug-likeness (QED) is 0.549. The van der Waals surface area contributed by atoms with Crippen molar-refractivity contribution in [3.05, 3.63) is 0 Å². The first kappa shape index (κ1) is 9.07. The first-order valence-electron chi connectivity index (χ1n) is 7.37. The lowest BCUT2D eigenvalue weighted by Crippen LogP contribution is -2.30. The van der Waals surface area contributed by atoms with Crippen LogP contribution < -0.4 is 0 Å². The maximum absolute atomic E-state index is 1.65. The summed E-state index contributed by atoms with van der Waals surface area (Å²) in [6, 6.07) is 0. The fourth-order valence-electron chi connectivity index (χ4n) is 6.12. The van der Waals surface area contributed by atoms with E-state index in [9.17, 15) is 0 Å². The van der Waals surface area contributed by atoms with Gasteiger partial charge in [-0.15, -0.1) is 0 Å². The van der Waals surface area contributed by atoms with Crippen molar-refractivity contribution in [2.45, 2.75) is 64.2 Å². The zero-order chi connectivity index (χ0) is 9.88. The van der Waals surface area contributed by atoms with Crippen molar-refractivity contribution in [2.75, 3.05) is 0 Å². The van der Waals surface area contributed by atoms with Gasteiger partial charge in [-0.3, -0.25) is 0 Å². The first-order chi connectivity index (χ1) is 7.37. The summed E-state index contributed by atoms with van der Waals surface area (Å²) >= 11 is 0. The monoisotopic (exact) mass is 204 g/mol. The van der Waals surface area contributed by atoms with Gasteiger partial charge in [0.2, 0.25) is 0 Å². The third-order valence-electron chi connectivity index (χ3n) is 6.57. The van der Waals surface area contributed by atoms with Crippen LogP contribution in [0.15, 0.2) is 0 Å². The molecule has 4 aliphatic carbocycles. The van der Waals surface area contributed by atoms with Gasteiger partial charge in [0.05, 0.1) is 0 Å². The summed E-state index contributed by atoms with van der Waals surface area (Å²) in [5, 5.41) is 0. The van der Waals surface area contributed by atoms with Crippen molar-refractivity contribution in [2.24, 2.45) is 29.1 Å². The minimum Gasteiger partial charge on any atom is -0.0530 e. The number of hydrogen-bond acceptors (Lipinski definition) is 0. The van der Waals surface area contributed by atoms with Crippen LogP contribution in [-0.2, 0) is 0 Å². The first-order valence-corrected chi connectivity index (χ1v) is 7.37. The molecule has 0 saturated heterocycles. The Kier molecular flexibility index (Phi) is 1.83. The summed E-state index contributed by atoms with van der Waals surface area (Å²) in [6.45, 7) is 0. The zero-order valence-corrected chi connectivity index (χ0v) is 9.88. The second kappa shape index (κ2) is 3.02. The molecular formula is C15H24. The highest BCUT2D eigenvalue weighted by atomic mass is 14.6. The van der Waals surface area contributed by atoms with Crippen LogP contribution in [-0.4, -0.2) is 0 Å². The van der Waals surface area contributed by atoms with Crippen molar-refractivity contribution in [3.8, 4) is 0 Å². The molecule has 0 N–H and O–H groups in total. The van der Waals surface area contributed by atoms with Gasteiger partial charge >= 0.3 is 0 Å². The summed E-state index contributed by atoms with van der Waals surface area (Å²) in [7, 11) is 0. The van der Waals surface area contributed by atoms with Crippen LogP contribution in [0.2, 0.25) is 0 Å². The molecule has 0 aromatic carbocycles. The molecule has 0 aromatic rings. The highest BCUT2D eigenvalue weighted by Crippen LogP contribution is 2.67. The average Bonchev–Trinajstić information content (AvgIpc) is 2.76. The molecule has 15 heavy (non-hydrogen) atoms. The van der Waals surface area contributed by atoms with Crippen molar-refractivity contribution < 1.29 is 0 Å². The van der Waals surface area contributed by atoms with Crippen LogP contribution in [0.3, 0.4) is 0 Å². The Morgan fingerprint density at radius 2 is 1.73 bits per heavy atom. The smallest absolute Gasteiger partial charge is 0.0261 e. The minimum absolute atomic E-state index is 0.891. The van der Waals surface area contributed by atoms with E-state index in [1.807, 2.05) is 0 Å². The van der Waals surface area contributed by atoms with Crippen molar-refractivity contribution in [1.29, 1.82) is 0 Å². The molecule has 5 unspecified atom stereocenters. The zero-order valence-electron chi connectivity index (χ0n) is 9.88. The number of fused-ring (bicyclic) bond motifs is 3. The number of rotatable bonds is 0. The lowest BCUT2D eigenvalue weighted by Gasteiger charge is -2.38. The Hall–Kier alpha value is 0. The molecule has 4 aliphatic rings. The molecular weight excluding hydrogens is 180 g/mol. The highest BCUT2D eigenvalue weighted by molar-refractivity contribution is 5.07. The lowest BCUT2D eigenvalue weighted by atomic mass is 9.66. The molecule has 0 aromatic heterocycles. The van der Waals surface area contributed by atoms with E-state index in [0.717, 1.165) is 11.3 Å². The van der Waals surface area contributed by atoms with E-state index < -0.39 is 0 Å². The fourth-order valence-corrected chi connectivity index (χ4v) is 6.12. The molecule has 2 bridgehead atoms. The maximum atomic E-state index is 1.65. The molecule has 84 valence electrons. The summed E-state index contributed by atoms with van der Waals surface area (Å²) in [4.78, 5) is 0. The van der Waals surface area contributed by atoms with E-state index in [0.29, 0.717) is 0 Å². The molecule has 0 radical (unpaired) electrons. The Bertz CT molecular complexity index is 269. The van der Waals surface area contributed by atoms with Gasteiger partial charge in [0.15, 0.2) is 0 Å². The maximum Gasteiger partial charge on any atom is -0.0261 e. The molecule has 4 fully saturated rings. The predicted molar refractivity (Wildman–Crippen MR) is 62.6 cm³/mol. The van der Waals surface area contributed by atoms with Gasteiger partial charge in [-0.1, -0.05) is 25.7 Å². The Morgan fingerprint density at radius 1 is 0.800 bits per heavy atom. The van der Waals surface area contributed by atoms with Gasteiger partial charge in [-0.2, -0.15) is 0 Å². The molecule has 4 rings (SSSR count). The average molecular weight is 204 g/mol. The molecule has 5 atom stereocenters. The molecule has 0 heterocycles. The van der Waals surface area contributed by atoms with Crippen molar-refractivity contribution in [1.82, 2.24) is 0 Å². The van der Waals surface area contributed by atoms with E-state index in [1.54, 1.807) is 64.2 Å². The fraction of sp³-hybridized carbons (Fsp3) is 1.00. The second-order valence-corrected chi connectivity index (χ2v) is 7.07. The van der Waals surface area contributed by atoms with Gasteiger partial charge in [0.1, 0.15) is 0 Å². The summed E-state index contributed by atoms with van der Waals surface area (Å²) in [5.41, 5.74) is 0.891. The van der Waals surface area contributed by atoms with E-state index in [2.05, 4.69) is 0 Å². The van der Waals surface area contributed by atoms with E-state index in [4.69, 9.17) is 0 Å². The van der Waals surface area contributed by atoms with E-state index in [1.165, 1.54) is 17.8 Å². The normalized spacial score (nSPS) is 57.6. The molecule has 1 spiro atoms. The van der Waals surface area contributed by atoms with Gasteiger partial charge in [-0.05, 0) is 67.6 Å². The van der Waals surface area contributed by atoms with Crippen molar-refractivity contribution in [3.63, 3.8) is 0 Å². The SMILES string of the molecule is C1CCC2C(C1)CC13CCC(CCC21)C3. The van der Waals surface area contributed by atoms with Crippen LogP contribution in [0.1, 0.15) is 64.2 Å². The Balaban J connectivity index is 1.68. The van der Waals surface area contributed by atoms with E-state index >= 15 is 0 Å². The van der Waals surface area contributed by atoms with Crippen LogP contribution in [0.5, 0.6) is 0 Å². The molecule has 0 heteroatoms. The molecule has 0 amide bonds. The molecule has 4 saturated carbocycles. The largest absolute Gasteiger partial charge is 0.0530 e. The van der Waals surface area contributed by atoms with Crippen LogP contribution in [0.25, 0.3) is 0 Å². The Morgan fingerprint density at radius 3 is 2.73 bits per heavy atom. The van der Waals surface area contributed by atoms with Crippen molar-refractivity contribution >= 4 is 0 Å². The summed E-state index contributed by atoms with van der Waals surface area (Å²) < 4.78 is 0. The topological polar surface area (TPSA) is 0 Å².